The molecule has 0 aliphatic carbocycles. The zero-order chi connectivity index (χ0) is 30.9. The molecule has 8 nitrogen and oxygen atoms in total. The summed E-state index contributed by atoms with van der Waals surface area (Å²) in [5.41, 5.74) is 2.11. The van der Waals surface area contributed by atoms with Gasteiger partial charge in [0, 0.05) is 11.1 Å². The molecule has 0 fully saturated rings. The van der Waals surface area contributed by atoms with Gasteiger partial charge in [-0.2, -0.15) is 4.72 Å². The molecule has 0 spiro atoms. The number of esters is 1. The van der Waals surface area contributed by atoms with Gasteiger partial charge in [0.1, 0.15) is 17.2 Å². The maximum atomic E-state index is 13.1. The Kier molecular flexibility index (Phi) is 8.14. The molecule has 0 saturated carbocycles. The first-order valence-electron chi connectivity index (χ1n) is 14.0. The number of ether oxygens (including phenoxy) is 1. The summed E-state index contributed by atoms with van der Waals surface area (Å²) < 4.78 is 39.9. The van der Waals surface area contributed by atoms with Gasteiger partial charge in [-0.25, -0.2) is 8.42 Å². The lowest BCUT2D eigenvalue weighted by molar-refractivity contribution is -0.158. The average molecular weight is 599 g/mol. The van der Waals surface area contributed by atoms with Gasteiger partial charge in [-0.1, -0.05) is 68.4 Å². The summed E-state index contributed by atoms with van der Waals surface area (Å²) in [6.07, 6.45) is 0. The molecule has 0 aliphatic rings. The highest BCUT2D eigenvalue weighted by atomic mass is 32.2. The van der Waals surface area contributed by atoms with E-state index in [9.17, 15) is 18.0 Å². The molecule has 1 heterocycles. The molecule has 1 amide bonds. The zero-order valence-electron chi connectivity index (χ0n) is 24.7. The predicted molar refractivity (Wildman–Crippen MR) is 168 cm³/mol. The molecule has 5 aromatic rings. The Morgan fingerprint density at radius 1 is 0.814 bits per heavy atom. The van der Waals surface area contributed by atoms with E-state index in [2.05, 4.69) is 10.0 Å². The van der Waals surface area contributed by atoms with Crippen LogP contribution in [-0.4, -0.2) is 31.9 Å². The highest BCUT2D eigenvalue weighted by Crippen LogP contribution is 2.29. The van der Waals surface area contributed by atoms with Crippen LogP contribution in [0.25, 0.3) is 32.9 Å². The van der Waals surface area contributed by atoms with Gasteiger partial charge in [-0.15, -0.1) is 0 Å². The average Bonchev–Trinajstić information content (AvgIpc) is 3.41. The van der Waals surface area contributed by atoms with E-state index in [4.69, 9.17) is 9.15 Å². The van der Waals surface area contributed by atoms with Gasteiger partial charge in [-0.3, -0.25) is 9.59 Å². The molecule has 0 saturated heterocycles. The molecule has 222 valence electrons. The number of furan rings is 1. The number of amides is 1. The number of fused-ring (bicyclic) bond motifs is 3. The van der Waals surface area contributed by atoms with Crippen LogP contribution in [0.4, 0.5) is 5.69 Å². The first-order valence-corrected chi connectivity index (χ1v) is 15.5. The van der Waals surface area contributed by atoms with E-state index in [0.29, 0.717) is 11.3 Å². The second-order valence-corrected chi connectivity index (χ2v) is 13.5. The maximum Gasteiger partial charge on any atom is 0.324 e. The third-order valence-electron chi connectivity index (χ3n) is 6.90. The molecule has 2 N–H and O–H groups in total. The normalized spacial score (nSPS) is 12.9. The Labute approximate surface area is 251 Å². The molecule has 4 aromatic carbocycles. The largest absolute Gasteiger partial charge is 0.459 e. The second kappa shape index (κ2) is 11.7. The lowest BCUT2D eigenvalue weighted by atomic mass is 10.1. The van der Waals surface area contributed by atoms with Crippen molar-refractivity contribution in [3.8, 4) is 11.1 Å². The summed E-state index contributed by atoms with van der Waals surface area (Å²) in [7, 11) is -3.98. The van der Waals surface area contributed by atoms with Gasteiger partial charge < -0.3 is 14.5 Å². The molecule has 43 heavy (non-hydrogen) atoms. The Morgan fingerprint density at radius 2 is 1.44 bits per heavy atom. The lowest BCUT2D eigenvalue weighted by Crippen LogP contribution is -2.47. The van der Waals surface area contributed by atoms with E-state index in [1.807, 2.05) is 48.5 Å². The molecular formula is C34H34N2O6S. The van der Waals surface area contributed by atoms with Crippen LogP contribution in [-0.2, 0) is 19.6 Å². The number of anilines is 1. The van der Waals surface area contributed by atoms with Crippen LogP contribution in [0.15, 0.2) is 100 Å². The van der Waals surface area contributed by atoms with Gasteiger partial charge >= 0.3 is 5.97 Å². The van der Waals surface area contributed by atoms with E-state index < -0.39 is 27.6 Å². The third kappa shape index (κ3) is 6.79. The van der Waals surface area contributed by atoms with E-state index in [-0.39, 0.29) is 22.5 Å². The topological polar surface area (TPSA) is 115 Å². The SMILES string of the molecule is CC(C)[C@H](NS(=O)(=O)c1ccc(-c2ccc(NC(=O)c3cc4c(ccc5ccccc54)o3)cc2)cc1)C(=O)OC(C)(C)C. The van der Waals surface area contributed by atoms with Crippen molar-refractivity contribution in [2.75, 3.05) is 5.32 Å². The van der Waals surface area contributed by atoms with E-state index in [1.54, 1.807) is 65.0 Å². The van der Waals surface area contributed by atoms with Crippen LogP contribution in [0.1, 0.15) is 45.2 Å². The monoisotopic (exact) mass is 598 g/mol. The molecule has 0 bridgehead atoms. The van der Waals surface area contributed by atoms with Crippen molar-refractivity contribution in [1.82, 2.24) is 4.72 Å². The Bertz CT molecular complexity index is 1900. The number of hydrogen-bond acceptors (Lipinski definition) is 6. The first-order chi connectivity index (χ1) is 20.3. The van der Waals surface area contributed by atoms with Crippen LogP contribution >= 0.6 is 0 Å². The summed E-state index contributed by atoms with van der Waals surface area (Å²) in [5, 5.41) is 5.83. The standard InChI is InChI=1S/C34H34N2O6S/c1-21(2)31(33(38)42-34(3,4)5)36-43(39,40)26-17-12-23(13-18-26)22-10-15-25(16-11-22)35-32(37)30-20-28-27-9-7-6-8-24(27)14-19-29(28)41-30/h6-21,31,36H,1-5H3,(H,35,37)/t31-/m0/s1. The van der Waals surface area contributed by atoms with Gasteiger partial charge in [0.25, 0.3) is 5.91 Å². The Morgan fingerprint density at radius 3 is 2.07 bits per heavy atom. The van der Waals surface area contributed by atoms with Crippen LogP contribution in [0.5, 0.6) is 0 Å². The molecule has 0 unspecified atom stereocenters. The van der Waals surface area contributed by atoms with Gasteiger partial charge in [0.2, 0.25) is 10.0 Å². The number of carbonyl (C=O) groups excluding carboxylic acids is 2. The Balaban J connectivity index is 1.27. The van der Waals surface area contributed by atoms with Crippen molar-refractivity contribution in [1.29, 1.82) is 0 Å². The van der Waals surface area contributed by atoms with Crippen LogP contribution < -0.4 is 10.0 Å². The number of benzene rings is 4. The van der Waals surface area contributed by atoms with Crippen molar-refractivity contribution in [2.24, 2.45) is 5.92 Å². The van der Waals surface area contributed by atoms with E-state index >= 15 is 0 Å². The van der Waals surface area contributed by atoms with E-state index in [0.717, 1.165) is 27.3 Å². The molecule has 1 aromatic heterocycles. The lowest BCUT2D eigenvalue weighted by Gasteiger charge is -2.26. The molecule has 0 aliphatic heterocycles. The quantitative estimate of drug-likeness (QED) is 0.183. The number of sulfonamides is 1. The van der Waals surface area contributed by atoms with Crippen molar-refractivity contribution < 1.29 is 27.2 Å². The minimum atomic E-state index is -3.98. The number of nitrogens with one attached hydrogen (secondary N) is 2. The minimum absolute atomic E-state index is 0.0351. The maximum absolute atomic E-state index is 13.1. The van der Waals surface area contributed by atoms with Crippen molar-refractivity contribution in [3.05, 3.63) is 96.8 Å². The number of carbonyl (C=O) groups is 2. The molecule has 1 atom stereocenters. The van der Waals surface area contributed by atoms with Crippen molar-refractivity contribution >= 4 is 49.3 Å². The molecule has 9 heteroatoms. The first kappa shape index (κ1) is 30.0. The second-order valence-electron chi connectivity index (χ2n) is 11.7. The molecular weight excluding hydrogens is 564 g/mol. The van der Waals surface area contributed by atoms with Crippen LogP contribution in [0.2, 0.25) is 0 Å². The summed E-state index contributed by atoms with van der Waals surface area (Å²) >= 11 is 0. The highest BCUT2D eigenvalue weighted by Gasteiger charge is 2.32. The minimum Gasteiger partial charge on any atom is -0.459 e. The fourth-order valence-corrected chi connectivity index (χ4v) is 6.06. The smallest absolute Gasteiger partial charge is 0.324 e. The predicted octanol–water partition coefficient (Wildman–Crippen LogP) is 7.15. The number of rotatable bonds is 8. The summed E-state index contributed by atoms with van der Waals surface area (Å²) in [4.78, 5) is 25.6. The van der Waals surface area contributed by atoms with Crippen molar-refractivity contribution in [3.63, 3.8) is 0 Å². The van der Waals surface area contributed by atoms with Gasteiger partial charge in [0.05, 0.1) is 4.90 Å². The fourth-order valence-electron chi connectivity index (χ4n) is 4.73. The fraction of sp³-hybridized carbons (Fsp3) is 0.235. The Hall–Kier alpha value is -4.47. The molecule has 5 rings (SSSR count). The van der Waals surface area contributed by atoms with Crippen molar-refractivity contribution in [2.45, 2.75) is 51.2 Å². The summed E-state index contributed by atoms with van der Waals surface area (Å²) in [6, 6.07) is 26.1. The summed E-state index contributed by atoms with van der Waals surface area (Å²) in [6.45, 7) is 8.71. The summed E-state index contributed by atoms with van der Waals surface area (Å²) in [5.74, 6) is -1.08. The van der Waals surface area contributed by atoms with Crippen LogP contribution in [0, 0.1) is 5.92 Å². The zero-order valence-corrected chi connectivity index (χ0v) is 25.5. The highest BCUT2D eigenvalue weighted by molar-refractivity contribution is 7.89. The third-order valence-corrected chi connectivity index (χ3v) is 8.36. The van der Waals surface area contributed by atoms with E-state index in [1.165, 1.54) is 12.1 Å². The van der Waals surface area contributed by atoms with Gasteiger partial charge in [-0.05, 0) is 85.0 Å². The van der Waals surface area contributed by atoms with Crippen LogP contribution in [0.3, 0.4) is 0 Å². The number of hydrogen-bond donors (Lipinski definition) is 2. The van der Waals surface area contributed by atoms with Gasteiger partial charge in [0.15, 0.2) is 5.76 Å². The molecule has 0 radical (unpaired) electrons.